The van der Waals surface area contributed by atoms with Crippen LogP contribution >= 0.6 is 0 Å². The molecule has 0 aromatic rings. The fraction of sp³-hybridized carbons (Fsp3) is 1.00. The second kappa shape index (κ2) is 1.46. The standard InChI is InChI=1S/C5H11NO/c1-5(7)3-2-4-6-5/h6-7H,2-4H2,1H3/t5-/m0/s1. The summed E-state index contributed by atoms with van der Waals surface area (Å²) in [4.78, 5) is 0. The van der Waals surface area contributed by atoms with Crippen LogP contribution in [0.25, 0.3) is 0 Å². The molecule has 2 N–H and O–H groups in total. The maximum Gasteiger partial charge on any atom is 0.113 e. The van der Waals surface area contributed by atoms with Crippen molar-refractivity contribution in [3.8, 4) is 0 Å². The Morgan fingerprint density at radius 3 is 2.57 bits per heavy atom. The monoisotopic (exact) mass is 101 g/mol. The van der Waals surface area contributed by atoms with Crippen molar-refractivity contribution < 1.29 is 5.11 Å². The van der Waals surface area contributed by atoms with Gasteiger partial charge in [-0.3, -0.25) is 5.32 Å². The van der Waals surface area contributed by atoms with Crippen LogP contribution in [0.2, 0.25) is 0 Å². The normalized spacial score (nSPS) is 42.0. The maximum atomic E-state index is 9.08. The fourth-order valence-corrected chi connectivity index (χ4v) is 0.879. The SMILES string of the molecule is C[C@]1(O)CCCN1. The number of aliphatic hydroxyl groups is 1. The zero-order valence-corrected chi connectivity index (χ0v) is 4.57. The summed E-state index contributed by atoms with van der Waals surface area (Å²) < 4.78 is 0. The summed E-state index contributed by atoms with van der Waals surface area (Å²) in [5.74, 6) is 0. The van der Waals surface area contributed by atoms with Gasteiger partial charge in [0.25, 0.3) is 0 Å². The Kier molecular flexibility index (Phi) is 1.05. The first-order valence-electron chi connectivity index (χ1n) is 2.68. The third kappa shape index (κ3) is 1.14. The molecule has 0 aromatic carbocycles. The van der Waals surface area contributed by atoms with E-state index < -0.39 is 5.72 Å². The summed E-state index contributed by atoms with van der Waals surface area (Å²) in [7, 11) is 0. The highest BCUT2D eigenvalue weighted by molar-refractivity contribution is 4.76. The first-order valence-corrected chi connectivity index (χ1v) is 2.68. The zero-order valence-electron chi connectivity index (χ0n) is 4.57. The van der Waals surface area contributed by atoms with Gasteiger partial charge in [0.1, 0.15) is 5.72 Å². The lowest BCUT2D eigenvalue weighted by molar-refractivity contribution is 0.0449. The van der Waals surface area contributed by atoms with Gasteiger partial charge in [-0.05, 0) is 26.3 Å². The maximum absolute atomic E-state index is 9.08. The van der Waals surface area contributed by atoms with Crippen LogP contribution in [0.4, 0.5) is 0 Å². The summed E-state index contributed by atoms with van der Waals surface area (Å²) in [6.45, 7) is 2.77. The summed E-state index contributed by atoms with van der Waals surface area (Å²) in [6, 6.07) is 0. The quantitative estimate of drug-likeness (QED) is 0.453. The Bertz CT molecular complexity index is 62.5. The first-order chi connectivity index (χ1) is 3.21. The number of hydrogen-bond donors (Lipinski definition) is 2. The van der Waals surface area contributed by atoms with Crippen LogP contribution in [-0.2, 0) is 0 Å². The second-order valence-electron chi connectivity index (χ2n) is 2.30. The van der Waals surface area contributed by atoms with Gasteiger partial charge in [0.05, 0.1) is 0 Å². The van der Waals surface area contributed by atoms with Crippen LogP contribution in [-0.4, -0.2) is 17.4 Å². The highest BCUT2D eigenvalue weighted by Gasteiger charge is 2.23. The van der Waals surface area contributed by atoms with Gasteiger partial charge in [0.2, 0.25) is 0 Å². The van der Waals surface area contributed by atoms with Crippen LogP contribution in [0.3, 0.4) is 0 Å². The van der Waals surface area contributed by atoms with Crippen molar-refractivity contribution in [1.29, 1.82) is 0 Å². The molecule has 2 heteroatoms. The fourth-order valence-electron chi connectivity index (χ4n) is 0.879. The molecule has 0 saturated carbocycles. The smallest absolute Gasteiger partial charge is 0.113 e. The molecule has 0 unspecified atom stereocenters. The predicted molar refractivity (Wildman–Crippen MR) is 27.9 cm³/mol. The first kappa shape index (κ1) is 5.06. The molecule has 0 bridgehead atoms. The van der Waals surface area contributed by atoms with E-state index in [2.05, 4.69) is 5.32 Å². The van der Waals surface area contributed by atoms with Crippen LogP contribution in [0.5, 0.6) is 0 Å². The van der Waals surface area contributed by atoms with Crippen molar-refractivity contribution in [3.05, 3.63) is 0 Å². The highest BCUT2D eigenvalue weighted by atomic mass is 16.3. The van der Waals surface area contributed by atoms with Gasteiger partial charge in [-0.15, -0.1) is 0 Å². The molecule has 7 heavy (non-hydrogen) atoms. The molecule has 1 saturated heterocycles. The second-order valence-corrected chi connectivity index (χ2v) is 2.30. The third-order valence-electron chi connectivity index (χ3n) is 1.35. The predicted octanol–water partition coefficient (Wildman–Crippen LogP) is 0.0783. The van der Waals surface area contributed by atoms with E-state index in [0.717, 1.165) is 19.4 Å². The van der Waals surface area contributed by atoms with E-state index in [9.17, 15) is 0 Å². The molecule has 1 aliphatic rings. The van der Waals surface area contributed by atoms with Gasteiger partial charge < -0.3 is 5.11 Å². The molecule has 1 fully saturated rings. The van der Waals surface area contributed by atoms with Crippen LogP contribution in [0.1, 0.15) is 19.8 Å². The van der Waals surface area contributed by atoms with E-state index in [1.807, 2.05) is 0 Å². The van der Waals surface area contributed by atoms with E-state index >= 15 is 0 Å². The van der Waals surface area contributed by atoms with Gasteiger partial charge in [-0.25, -0.2) is 0 Å². The number of nitrogens with one attached hydrogen (secondary N) is 1. The summed E-state index contributed by atoms with van der Waals surface area (Å²) in [5.41, 5.74) is -0.556. The molecule has 1 aliphatic heterocycles. The Hall–Kier alpha value is -0.0800. The van der Waals surface area contributed by atoms with Gasteiger partial charge in [-0.2, -0.15) is 0 Å². The minimum absolute atomic E-state index is 0.556. The Morgan fingerprint density at radius 1 is 1.71 bits per heavy atom. The molecule has 2 nitrogen and oxygen atoms in total. The van der Waals surface area contributed by atoms with Crippen LogP contribution < -0.4 is 5.32 Å². The Morgan fingerprint density at radius 2 is 2.43 bits per heavy atom. The van der Waals surface area contributed by atoms with E-state index in [-0.39, 0.29) is 0 Å². The van der Waals surface area contributed by atoms with Gasteiger partial charge >= 0.3 is 0 Å². The lowest BCUT2D eigenvalue weighted by atomic mass is 10.2. The molecule has 1 heterocycles. The van der Waals surface area contributed by atoms with Gasteiger partial charge in [-0.1, -0.05) is 0 Å². The molecule has 0 radical (unpaired) electrons. The van der Waals surface area contributed by atoms with Crippen molar-refractivity contribution >= 4 is 0 Å². The minimum atomic E-state index is -0.556. The number of hydrogen-bond acceptors (Lipinski definition) is 2. The van der Waals surface area contributed by atoms with E-state index in [4.69, 9.17) is 5.11 Å². The largest absolute Gasteiger partial charge is 0.376 e. The van der Waals surface area contributed by atoms with Crippen LogP contribution in [0, 0.1) is 0 Å². The molecular weight excluding hydrogens is 90.1 g/mol. The van der Waals surface area contributed by atoms with Crippen molar-refractivity contribution in [3.63, 3.8) is 0 Å². The van der Waals surface area contributed by atoms with Crippen molar-refractivity contribution in [2.24, 2.45) is 0 Å². The van der Waals surface area contributed by atoms with Gasteiger partial charge in [0.15, 0.2) is 0 Å². The van der Waals surface area contributed by atoms with Gasteiger partial charge in [0, 0.05) is 0 Å². The summed E-state index contributed by atoms with van der Waals surface area (Å²) in [5, 5.41) is 12.0. The lowest BCUT2D eigenvalue weighted by Crippen LogP contribution is -2.35. The molecule has 0 amide bonds. The molecular formula is C5H11NO. The van der Waals surface area contributed by atoms with E-state index in [1.165, 1.54) is 0 Å². The Balaban J connectivity index is 2.40. The van der Waals surface area contributed by atoms with Crippen molar-refractivity contribution in [1.82, 2.24) is 5.32 Å². The highest BCUT2D eigenvalue weighted by Crippen LogP contribution is 2.13. The topological polar surface area (TPSA) is 32.3 Å². The molecule has 1 rings (SSSR count). The molecule has 1 atom stereocenters. The van der Waals surface area contributed by atoms with E-state index in [0.29, 0.717) is 0 Å². The lowest BCUT2D eigenvalue weighted by Gasteiger charge is -2.14. The summed E-state index contributed by atoms with van der Waals surface area (Å²) in [6.07, 6.45) is 2.00. The Labute approximate surface area is 43.5 Å². The number of rotatable bonds is 0. The van der Waals surface area contributed by atoms with Crippen LogP contribution in [0.15, 0.2) is 0 Å². The molecule has 0 aromatic heterocycles. The minimum Gasteiger partial charge on any atom is -0.376 e. The molecule has 0 spiro atoms. The average Bonchev–Trinajstić information content (AvgIpc) is 1.84. The molecule has 42 valence electrons. The van der Waals surface area contributed by atoms with E-state index in [1.54, 1.807) is 6.92 Å². The summed E-state index contributed by atoms with van der Waals surface area (Å²) >= 11 is 0. The third-order valence-corrected chi connectivity index (χ3v) is 1.35. The van der Waals surface area contributed by atoms with Crippen molar-refractivity contribution in [2.75, 3.05) is 6.54 Å². The zero-order chi connectivity index (χ0) is 5.33. The average molecular weight is 101 g/mol. The van der Waals surface area contributed by atoms with Crippen molar-refractivity contribution in [2.45, 2.75) is 25.5 Å². The molecule has 0 aliphatic carbocycles.